The maximum atomic E-state index is 13.2. The minimum atomic E-state index is -0.521. The average molecular weight is 330 g/mol. The summed E-state index contributed by atoms with van der Waals surface area (Å²) < 4.78 is 14.7. The van der Waals surface area contributed by atoms with E-state index < -0.39 is 4.92 Å². The van der Waals surface area contributed by atoms with E-state index >= 15 is 0 Å². The van der Waals surface area contributed by atoms with Crippen molar-refractivity contribution in [2.75, 3.05) is 6.54 Å². The molecule has 0 atom stereocenters. The van der Waals surface area contributed by atoms with Gasteiger partial charge in [0.05, 0.1) is 16.3 Å². The molecule has 0 fully saturated rings. The van der Waals surface area contributed by atoms with Gasteiger partial charge in [-0.05, 0) is 31.2 Å². The van der Waals surface area contributed by atoms with Crippen molar-refractivity contribution in [3.8, 4) is 0 Å². The molecule has 24 heavy (non-hydrogen) atoms. The van der Waals surface area contributed by atoms with Gasteiger partial charge in [0.15, 0.2) is 0 Å². The van der Waals surface area contributed by atoms with Crippen molar-refractivity contribution < 1.29 is 14.1 Å². The van der Waals surface area contributed by atoms with E-state index in [4.69, 9.17) is 0 Å². The first-order chi connectivity index (χ1) is 11.5. The predicted octanol–water partition coefficient (Wildman–Crippen LogP) is 2.90. The zero-order valence-corrected chi connectivity index (χ0v) is 13.0. The van der Waals surface area contributed by atoms with Gasteiger partial charge in [0, 0.05) is 24.9 Å². The fraction of sp³-hybridized carbons (Fsp3) is 0.250. The van der Waals surface area contributed by atoms with E-state index in [1.807, 2.05) is 6.92 Å². The van der Waals surface area contributed by atoms with Crippen LogP contribution < -0.4 is 0 Å². The van der Waals surface area contributed by atoms with Crippen molar-refractivity contribution in [1.29, 1.82) is 0 Å². The Kier molecular flexibility index (Phi) is 4.11. The van der Waals surface area contributed by atoms with Crippen LogP contribution in [0.5, 0.6) is 0 Å². The van der Waals surface area contributed by atoms with Crippen LogP contribution >= 0.6 is 0 Å². The molecule has 1 amide bonds. The highest BCUT2D eigenvalue weighted by Crippen LogP contribution is 2.34. The van der Waals surface area contributed by atoms with Crippen LogP contribution in [-0.4, -0.2) is 32.1 Å². The van der Waals surface area contributed by atoms with Gasteiger partial charge in [0.25, 0.3) is 0 Å². The second-order valence-corrected chi connectivity index (χ2v) is 5.34. The normalized spacial score (nSPS) is 15.1. The number of allylic oxidation sites excluding steroid dienone is 1. The monoisotopic (exact) mass is 330 g/mol. The smallest absolute Gasteiger partial charge is 0.307 e. The molecule has 0 radical (unpaired) electrons. The van der Waals surface area contributed by atoms with Crippen molar-refractivity contribution in [2.45, 2.75) is 19.8 Å². The van der Waals surface area contributed by atoms with E-state index in [9.17, 15) is 19.3 Å². The van der Waals surface area contributed by atoms with Gasteiger partial charge in [-0.25, -0.2) is 9.07 Å². The standard InChI is InChI=1S/C16H15FN4O3/c1-2-19-15(22)8-7-14(20-10-13(9-18-20)21(23)24)16(19)11-3-5-12(17)6-4-11/h3-6,9-10H,2,7-8H2,1H3. The molecule has 1 aromatic carbocycles. The van der Waals surface area contributed by atoms with Crippen molar-refractivity contribution in [2.24, 2.45) is 0 Å². The lowest BCUT2D eigenvalue weighted by molar-refractivity contribution is -0.384. The molecular weight excluding hydrogens is 315 g/mol. The Morgan fingerprint density at radius 1 is 1.29 bits per heavy atom. The first-order valence-corrected chi connectivity index (χ1v) is 7.50. The topological polar surface area (TPSA) is 81.3 Å². The van der Waals surface area contributed by atoms with Crippen LogP contribution in [0.25, 0.3) is 11.4 Å². The lowest BCUT2D eigenvalue weighted by Gasteiger charge is -2.31. The molecule has 0 N–H and O–H groups in total. The second-order valence-electron chi connectivity index (χ2n) is 5.34. The Hall–Kier alpha value is -3.03. The van der Waals surface area contributed by atoms with Gasteiger partial charge in [-0.2, -0.15) is 5.10 Å². The predicted molar refractivity (Wildman–Crippen MR) is 85.0 cm³/mol. The SMILES string of the molecule is CCN1C(=O)CCC(n2cc([N+](=O)[O-])cn2)=C1c1ccc(F)cc1. The minimum absolute atomic E-state index is 0.0396. The van der Waals surface area contributed by atoms with Gasteiger partial charge >= 0.3 is 5.69 Å². The van der Waals surface area contributed by atoms with Crippen LogP contribution in [0.4, 0.5) is 10.1 Å². The van der Waals surface area contributed by atoms with Crippen molar-refractivity contribution >= 4 is 23.0 Å². The average Bonchev–Trinajstić information content (AvgIpc) is 3.05. The number of amides is 1. The zero-order chi connectivity index (χ0) is 17.3. The third kappa shape index (κ3) is 2.78. The third-order valence-electron chi connectivity index (χ3n) is 3.91. The molecule has 1 aromatic heterocycles. The molecule has 2 aromatic rings. The molecule has 8 heteroatoms. The summed E-state index contributed by atoms with van der Waals surface area (Å²) in [6.07, 6.45) is 3.19. The molecule has 7 nitrogen and oxygen atoms in total. The Labute approximate surface area is 137 Å². The van der Waals surface area contributed by atoms with E-state index in [1.165, 1.54) is 29.2 Å². The number of carbonyl (C=O) groups excluding carboxylic acids is 1. The van der Waals surface area contributed by atoms with Crippen molar-refractivity contribution in [3.63, 3.8) is 0 Å². The summed E-state index contributed by atoms with van der Waals surface area (Å²) in [4.78, 5) is 24.2. The molecule has 1 aliphatic rings. The van der Waals surface area contributed by atoms with Crippen molar-refractivity contribution in [3.05, 3.63) is 58.2 Å². The summed E-state index contributed by atoms with van der Waals surface area (Å²) >= 11 is 0. The fourth-order valence-electron chi connectivity index (χ4n) is 2.80. The van der Waals surface area contributed by atoms with E-state index in [-0.39, 0.29) is 17.4 Å². The Balaban J connectivity index is 2.17. The van der Waals surface area contributed by atoms with Crippen LogP contribution in [0.1, 0.15) is 25.3 Å². The van der Waals surface area contributed by atoms with E-state index in [2.05, 4.69) is 5.10 Å². The van der Waals surface area contributed by atoms with Crippen LogP contribution in [0.3, 0.4) is 0 Å². The maximum Gasteiger partial charge on any atom is 0.307 e. The summed E-state index contributed by atoms with van der Waals surface area (Å²) in [5.41, 5.74) is 1.82. The number of nitro groups is 1. The molecule has 0 bridgehead atoms. The number of halogens is 1. The molecular formula is C16H15FN4O3. The van der Waals surface area contributed by atoms with Gasteiger partial charge < -0.3 is 4.90 Å². The number of nitrogens with zero attached hydrogens (tertiary/aromatic N) is 4. The number of hydrogen-bond donors (Lipinski definition) is 0. The number of hydrogen-bond acceptors (Lipinski definition) is 4. The highest BCUT2D eigenvalue weighted by atomic mass is 19.1. The summed E-state index contributed by atoms with van der Waals surface area (Å²) in [6.45, 7) is 2.29. The molecule has 2 heterocycles. The van der Waals surface area contributed by atoms with Crippen LogP contribution in [0, 0.1) is 15.9 Å². The molecule has 124 valence electrons. The minimum Gasteiger partial charge on any atom is -0.310 e. The first-order valence-electron chi connectivity index (χ1n) is 7.50. The first kappa shape index (κ1) is 15.9. The molecule has 0 saturated carbocycles. The number of carbonyl (C=O) groups is 1. The van der Waals surface area contributed by atoms with Crippen LogP contribution in [0.2, 0.25) is 0 Å². The molecule has 0 saturated heterocycles. The lowest BCUT2D eigenvalue weighted by atomic mass is 10.0. The van der Waals surface area contributed by atoms with Gasteiger partial charge in [0.2, 0.25) is 5.91 Å². The van der Waals surface area contributed by atoms with Gasteiger partial charge in [-0.1, -0.05) is 0 Å². The second kappa shape index (κ2) is 6.23. The van der Waals surface area contributed by atoms with Gasteiger partial charge in [-0.15, -0.1) is 0 Å². The quantitative estimate of drug-likeness (QED) is 0.637. The number of rotatable bonds is 4. The summed E-state index contributed by atoms with van der Waals surface area (Å²) in [6, 6.07) is 5.81. The summed E-state index contributed by atoms with van der Waals surface area (Å²) in [7, 11) is 0. The van der Waals surface area contributed by atoms with E-state index in [0.29, 0.717) is 36.3 Å². The molecule has 0 aliphatic carbocycles. The lowest BCUT2D eigenvalue weighted by Crippen LogP contribution is -2.34. The molecule has 0 spiro atoms. The van der Waals surface area contributed by atoms with Crippen LogP contribution in [-0.2, 0) is 4.79 Å². The molecule has 0 unspecified atom stereocenters. The number of aromatic nitrogens is 2. The summed E-state index contributed by atoms with van der Waals surface area (Å²) in [5.74, 6) is -0.414. The highest BCUT2D eigenvalue weighted by molar-refractivity contribution is 5.97. The van der Waals surface area contributed by atoms with Gasteiger partial charge in [0.1, 0.15) is 18.2 Å². The largest absolute Gasteiger partial charge is 0.310 e. The number of benzene rings is 1. The van der Waals surface area contributed by atoms with Gasteiger partial charge in [-0.3, -0.25) is 14.9 Å². The van der Waals surface area contributed by atoms with E-state index in [1.54, 1.807) is 17.0 Å². The summed E-state index contributed by atoms with van der Waals surface area (Å²) in [5, 5.41) is 14.9. The zero-order valence-electron chi connectivity index (χ0n) is 13.0. The van der Waals surface area contributed by atoms with Crippen LogP contribution in [0.15, 0.2) is 36.7 Å². The molecule has 1 aliphatic heterocycles. The Morgan fingerprint density at radius 2 is 2.00 bits per heavy atom. The Bertz CT molecular complexity index is 826. The Morgan fingerprint density at radius 3 is 2.58 bits per heavy atom. The maximum absolute atomic E-state index is 13.2. The fourth-order valence-corrected chi connectivity index (χ4v) is 2.80. The molecule has 3 rings (SSSR count). The third-order valence-corrected chi connectivity index (χ3v) is 3.91. The van der Waals surface area contributed by atoms with Crippen molar-refractivity contribution in [1.82, 2.24) is 14.7 Å². The highest BCUT2D eigenvalue weighted by Gasteiger charge is 2.28. The van der Waals surface area contributed by atoms with E-state index in [0.717, 1.165) is 0 Å².